The molecule has 0 aliphatic carbocycles. The van der Waals surface area contributed by atoms with E-state index in [0.29, 0.717) is 0 Å². The van der Waals surface area contributed by atoms with Crippen LogP contribution in [0.1, 0.15) is 78.1 Å². The molecule has 0 aliphatic rings. The quantitative estimate of drug-likeness (QED) is 0.241. The molecule has 1 nitrogen and oxygen atoms in total. The van der Waals surface area contributed by atoms with Gasteiger partial charge in [-0.1, -0.05) is 120 Å². The summed E-state index contributed by atoms with van der Waals surface area (Å²) in [5.74, 6) is 0. The minimum Gasteiger partial charge on any atom is -0.402 e. The van der Waals surface area contributed by atoms with Crippen molar-refractivity contribution < 1.29 is 0 Å². The van der Waals surface area contributed by atoms with Crippen LogP contribution >= 0.6 is 0 Å². The zero-order valence-electron chi connectivity index (χ0n) is 16.5. The third kappa shape index (κ3) is 20.2. The molecule has 0 aliphatic heterocycles. The molecule has 0 amide bonds. The molecule has 0 radical (unpaired) electrons. The minimum atomic E-state index is 0.894. The zero-order chi connectivity index (χ0) is 18.4. The van der Waals surface area contributed by atoms with Gasteiger partial charge in [0, 0.05) is 5.70 Å². The summed E-state index contributed by atoms with van der Waals surface area (Å²) in [4.78, 5) is 0. The summed E-state index contributed by atoms with van der Waals surface area (Å²) in [6, 6.07) is 0. The van der Waals surface area contributed by atoms with Crippen LogP contribution in [0.3, 0.4) is 0 Å². The van der Waals surface area contributed by atoms with Gasteiger partial charge in [0.05, 0.1) is 0 Å². The fraction of sp³-hybridized carbons (Fsp3) is 0.500. The molecule has 0 unspecified atom stereocenters. The highest BCUT2D eigenvalue weighted by Crippen LogP contribution is 2.09. The fourth-order valence-corrected chi connectivity index (χ4v) is 2.32. The summed E-state index contributed by atoms with van der Waals surface area (Å²) in [6.45, 7) is 4.32. The van der Waals surface area contributed by atoms with E-state index in [9.17, 15) is 0 Å². The van der Waals surface area contributed by atoms with E-state index in [1.165, 1.54) is 57.8 Å². The van der Waals surface area contributed by atoms with Gasteiger partial charge >= 0.3 is 0 Å². The van der Waals surface area contributed by atoms with Gasteiger partial charge in [0.15, 0.2) is 0 Å². The van der Waals surface area contributed by atoms with E-state index in [1.807, 2.05) is 42.5 Å². The van der Waals surface area contributed by atoms with E-state index in [4.69, 9.17) is 5.73 Å². The van der Waals surface area contributed by atoms with E-state index in [0.717, 1.165) is 12.1 Å². The van der Waals surface area contributed by atoms with Gasteiger partial charge in [-0.05, 0) is 25.3 Å². The number of allylic oxidation sites excluding steroid dienone is 12. The lowest BCUT2D eigenvalue weighted by Crippen LogP contribution is -1.92. The third-order valence-corrected chi connectivity index (χ3v) is 3.97. The average Bonchev–Trinajstić information content (AvgIpc) is 2.63. The van der Waals surface area contributed by atoms with Crippen LogP contribution in [0, 0.1) is 0 Å². The molecule has 25 heavy (non-hydrogen) atoms. The second kappa shape index (κ2) is 20.3. The molecule has 0 aromatic heterocycles. The Morgan fingerprint density at radius 3 is 1.64 bits per heavy atom. The Labute approximate surface area is 156 Å². The van der Waals surface area contributed by atoms with Gasteiger partial charge in [-0.25, -0.2) is 0 Å². The van der Waals surface area contributed by atoms with Crippen LogP contribution in [-0.4, -0.2) is 0 Å². The highest BCUT2D eigenvalue weighted by molar-refractivity contribution is 5.20. The highest BCUT2D eigenvalue weighted by Gasteiger charge is 1.89. The molecule has 0 bridgehead atoms. The molecule has 0 rings (SSSR count). The van der Waals surface area contributed by atoms with Crippen molar-refractivity contribution in [2.24, 2.45) is 5.73 Å². The van der Waals surface area contributed by atoms with Crippen LogP contribution in [0.15, 0.2) is 72.5 Å². The second-order valence-electron chi connectivity index (χ2n) is 6.33. The van der Waals surface area contributed by atoms with Gasteiger partial charge in [0.2, 0.25) is 0 Å². The molecule has 0 aromatic carbocycles. The summed E-state index contributed by atoms with van der Waals surface area (Å²) in [6.07, 6.45) is 35.7. The van der Waals surface area contributed by atoms with Crippen LogP contribution in [0.5, 0.6) is 0 Å². The Morgan fingerprint density at radius 2 is 1.08 bits per heavy atom. The predicted octanol–water partition coefficient (Wildman–Crippen LogP) is 7.55. The summed E-state index contributed by atoms with van der Waals surface area (Å²) in [5.41, 5.74) is 6.61. The Hall–Kier alpha value is -1.76. The normalized spacial score (nSPS) is 13.6. The maximum atomic E-state index is 5.71. The molecule has 2 N–H and O–H groups in total. The number of unbranched alkanes of at least 4 members (excludes halogenated alkanes) is 8. The van der Waals surface area contributed by atoms with Crippen LogP contribution in [-0.2, 0) is 0 Å². The van der Waals surface area contributed by atoms with Crippen molar-refractivity contribution in [3.8, 4) is 0 Å². The Balaban J connectivity index is 3.56. The number of hydrogen-bond donors (Lipinski definition) is 1. The Bertz CT molecular complexity index is 447. The van der Waals surface area contributed by atoms with E-state index < -0.39 is 0 Å². The molecule has 0 atom stereocenters. The van der Waals surface area contributed by atoms with Gasteiger partial charge in [-0.15, -0.1) is 0 Å². The van der Waals surface area contributed by atoms with Crippen LogP contribution in [0.25, 0.3) is 0 Å². The van der Waals surface area contributed by atoms with Crippen molar-refractivity contribution in [3.05, 3.63) is 72.5 Å². The van der Waals surface area contributed by atoms with Gasteiger partial charge < -0.3 is 5.73 Å². The Kier molecular flexibility index (Phi) is 18.9. The first-order valence-corrected chi connectivity index (χ1v) is 10.1. The predicted molar refractivity (Wildman–Crippen MR) is 115 cm³/mol. The summed E-state index contributed by atoms with van der Waals surface area (Å²) in [7, 11) is 0. The van der Waals surface area contributed by atoms with Gasteiger partial charge in [0.25, 0.3) is 0 Å². The largest absolute Gasteiger partial charge is 0.402 e. The number of rotatable bonds is 15. The van der Waals surface area contributed by atoms with E-state index >= 15 is 0 Å². The SMILES string of the molecule is CCCCCCCCCCC=CC=CC=CC=CC=CC=C(N)CC. The van der Waals surface area contributed by atoms with Crippen LogP contribution in [0.4, 0.5) is 0 Å². The molecule has 0 heterocycles. The van der Waals surface area contributed by atoms with Crippen LogP contribution in [0.2, 0.25) is 0 Å². The molecule has 0 aromatic rings. The average molecular weight is 342 g/mol. The summed E-state index contributed by atoms with van der Waals surface area (Å²) in [5, 5.41) is 0. The standard InChI is InChI=1S/C24H39N/c1-3-5-6-7-8-9-10-11-12-13-14-15-16-17-18-19-20-21-22-23-24(25)4-2/h13-23H,3-12,25H2,1-2H3. The van der Waals surface area contributed by atoms with Crippen LogP contribution < -0.4 is 5.73 Å². The molecule has 1 heteroatoms. The Morgan fingerprint density at radius 1 is 0.600 bits per heavy atom. The summed E-state index contributed by atoms with van der Waals surface area (Å²) < 4.78 is 0. The van der Waals surface area contributed by atoms with Crippen molar-refractivity contribution >= 4 is 0 Å². The molecular formula is C24H39N. The molecule has 0 spiro atoms. The van der Waals surface area contributed by atoms with Crippen molar-refractivity contribution in [2.45, 2.75) is 78.1 Å². The fourth-order valence-electron chi connectivity index (χ4n) is 2.32. The highest BCUT2D eigenvalue weighted by atomic mass is 14.6. The minimum absolute atomic E-state index is 0.894. The van der Waals surface area contributed by atoms with Crippen molar-refractivity contribution in [3.63, 3.8) is 0 Å². The van der Waals surface area contributed by atoms with Gasteiger partial charge in [0.1, 0.15) is 0 Å². The third-order valence-electron chi connectivity index (χ3n) is 3.97. The molecule has 0 fully saturated rings. The molecular weight excluding hydrogens is 302 g/mol. The first-order chi connectivity index (χ1) is 12.3. The van der Waals surface area contributed by atoms with Gasteiger partial charge in [-0.2, -0.15) is 0 Å². The smallest absolute Gasteiger partial charge is 0.00776 e. The number of hydrogen-bond acceptors (Lipinski definition) is 1. The molecule has 0 saturated heterocycles. The second-order valence-corrected chi connectivity index (χ2v) is 6.33. The van der Waals surface area contributed by atoms with Crippen molar-refractivity contribution in [1.82, 2.24) is 0 Å². The lowest BCUT2D eigenvalue weighted by atomic mass is 10.1. The van der Waals surface area contributed by atoms with E-state index in [-0.39, 0.29) is 0 Å². The summed E-state index contributed by atoms with van der Waals surface area (Å²) >= 11 is 0. The lowest BCUT2D eigenvalue weighted by molar-refractivity contribution is 0.577. The molecule has 0 saturated carbocycles. The van der Waals surface area contributed by atoms with E-state index in [1.54, 1.807) is 0 Å². The van der Waals surface area contributed by atoms with E-state index in [2.05, 4.69) is 38.2 Å². The monoisotopic (exact) mass is 341 g/mol. The maximum Gasteiger partial charge on any atom is 0.00776 e. The van der Waals surface area contributed by atoms with Crippen molar-refractivity contribution in [1.29, 1.82) is 0 Å². The van der Waals surface area contributed by atoms with Gasteiger partial charge in [-0.3, -0.25) is 0 Å². The topological polar surface area (TPSA) is 26.0 Å². The maximum absolute atomic E-state index is 5.71. The van der Waals surface area contributed by atoms with Crippen molar-refractivity contribution in [2.75, 3.05) is 0 Å². The lowest BCUT2D eigenvalue weighted by Gasteiger charge is -1.99. The molecule has 140 valence electrons. The first-order valence-electron chi connectivity index (χ1n) is 10.1. The zero-order valence-corrected chi connectivity index (χ0v) is 16.5. The first kappa shape index (κ1) is 23.2. The number of nitrogens with two attached hydrogens (primary N) is 1.